The van der Waals surface area contributed by atoms with Gasteiger partial charge in [0.2, 0.25) is 0 Å². The van der Waals surface area contributed by atoms with Crippen molar-refractivity contribution in [2.24, 2.45) is 0 Å². The first-order chi connectivity index (χ1) is 7.77. The van der Waals surface area contributed by atoms with Crippen molar-refractivity contribution in [3.63, 3.8) is 0 Å². The van der Waals surface area contributed by atoms with Crippen LogP contribution in [0.4, 0.5) is 5.69 Å². The van der Waals surface area contributed by atoms with Crippen LogP contribution >= 0.6 is 28.3 Å². The molecule has 1 spiro atoms. The van der Waals surface area contributed by atoms with Gasteiger partial charge in [0.05, 0.1) is 25.4 Å². The van der Waals surface area contributed by atoms with Gasteiger partial charge in [0.25, 0.3) is 0 Å². The van der Waals surface area contributed by atoms with E-state index in [0.29, 0.717) is 0 Å². The number of fused-ring (bicyclic) bond motifs is 1. The Kier molecular flexibility index (Phi) is 3.85. The summed E-state index contributed by atoms with van der Waals surface area (Å²) in [6.45, 7) is 2.47. The molecule has 0 aliphatic carbocycles. The zero-order valence-corrected chi connectivity index (χ0v) is 11.8. The standard InChI is InChI=1S/C12H14BrNO2.ClH/c13-9-1-2-11-10(7-9)14-8-12(16-11)3-5-15-6-4-12;/h1-2,7,14H,3-6,8H2;1H. The first kappa shape index (κ1) is 13.0. The Morgan fingerprint density at radius 1 is 1.24 bits per heavy atom. The summed E-state index contributed by atoms with van der Waals surface area (Å²) in [5.74, 6) is 0.955. The normalized spacial score (nSPS) is 20.8. The van der Waals surface area contributed by atoms with Crippen LogP contribution in [0.25, 0.3) is 0 Å². The molecule has 2 heterocycles. The molecule has 1 N–H and O–H groups in total. The first-order valence-electron chi connectivity index (χ1n) is 5.58. The van der Waals surface area contributed by atoms with Crippen LogP contribution in [0.5, 0.6) is 5.75 Å². The van der Waals surface area contributed by atoms with Crippen LogP contribution in [0.3, 0.4) is 0 Å². The van der Waals surface area contributed by atoms with Crippen molar-refractivity contribution in [2.75, 3.05) is 25.1 Å². The summed E-state index contributed by atoms with van der Waals surface area (Å²) in [7, 11) is 0. The number of halogens is 2. The van der Waals surface area contributed by atoms with Gasteiger partial charge in [-0.15, -0.1) is 12.4 Å². The number of hydrogen-bond acceptors (Lipinski definition) is 3. The minimum atomic E-state index is -0.0565. The smallest absolute Gasteiger partial charge is 0.143 e. The predicted molar refractivity (Wildman–Crippen MR) is 73.3 cm³/mol. The van der Waals surface area contributed by atoms with Crippen molar-refractivity contribution < 1.29 is 9.47 Å². The minimum Gasteiger partial charge on any atom is -0.483 e. The third kappa shape index (κ3) is 2.54. The number of nitrogens with one attached hydrogen (secondary N) is 1. The average molecular weight is 321 g/mol. The first-order valence-corrected chi connectivity index (χ1v) is 6.37. The lowest BCUT2D eigenvalue weighted by Gasteiger charge is -2.41. The van der Waals surface area contributed by atoms with Gasteiger partial charge in [0.15, 0.2) is 0 Å². The SMILES string of the molecule is Brc1ccc2c(c1)NCC1(CCOCC1)O2.Cl. The molecule has 1 saturated heterocycles. The molecular formula is C12H15BrClNO2. The van der Waals surface area contributed by atoms with Gasteiger partial charge in [-0.05, 0) is 18.2 Å². The summed E-state index contributed by atoms with van der Waals surface area (Å²) < 4.78 is 12.6. The summed E-state index contributed by atoms with van der Waals surface area (Å²) in [4.78, 5) is 0. The summed E-state index contributed by atoms with van der Waals surface area (Å²) in [5, 5.41) is 3.45. The Bertz CT molecular complexity index is 407. The molecule has 3 rings (SSSR count). The Morgan fingerprint density at radius 2 is 2.00 bits per heavy atom. The molecule has 0 aromatic heterocycles. The molecule has 0 radical (unpaired) electrons. The second kappa shape index (κ2) is 5.04. The molecule has 17 heavy (non-hydrogen) atoms. The summed E-state index contributed by atoms with van der Waals surface area (Å²) >= 11 is 3.46. The van der Waals surface area contributed by atoms with Crippen molar-refractivity contribution in [1.29, 1.82) is 0 Å². The lowest BCUT2D eigenvalue weighted by Crippen LogP contribution is -2.49. The quantitative estimate of drug-likeness (QED) is 0.796. The van der Waals surface area contributed by atoms with Gasteiger partial charge in [-0.25, -0.2) is 0 Å². The van der Waals surface area contributed by atoms with Crippen LogP contribution in [-0.2, 0) is 4.74 Å². The van der Waals surface area contributed by atoms with Gasteiger partial charge in [-0.2, -0.15) is 0 Å². The van der Waals surface area contributed by atoms with Crippen LogP contribution in [-0.4, -0.2) is 25.4 Å². The van der Waals surface area contributed by atoms with E-state index in [1.807, 2.05) is 12.1 Å². The van der Waals surface area contributed by atoms with Gasteiger partial charge < -0.3 is 14.8 Å². The number of hydrogen-bond donors (Lipinski definition) is 1. The number of ether oxygens (including phenoxy) is 2. The van der Waals surface area contributed by atoms with E-state index in [1.54, 1.807) is 0 Å². The van der Waals surface area contributed by atoms with E-state index in [1.165, 1.54) is 0 Å². The van der Waals surface area contributed by atoms with E-state index in [4.69, 9.17) is 9.47 Å². The molecule has 94 valence electrons. The monoisotopic (exact) mass is 319 g/mol. The molecule has 0 saturated carbocycles. The van der Waals surface area contributed by atoms with Gasteiger partial charge in [-0.3, -0.25) is 0 Å². The summed E-state index contributed by atoms with van der Waals surface area (Å²) in [6, 6.07) is 6.09. The van der Waals surface area contributed by atoms with Gasteiger partial charge in [0, 0.05) is 17.3 Å². The Labute approximate surface area is 115 Å². The fraction of sp³-hybridized carbons (Fsp3) is 0.500. The summed E-state index contributed by atoms with van der Waals surface area (Å²) in [6.07, 6.45) is 1.94. The van der Waals surface area contributed by atoms with E-state index in [2.05, 4.69) is 27.3 Å². The highest BCUT2D eigenvalue weighted by Gasteiger charge is 2.38. The second-order valence-corrected chi connectivity index (χ2v) is 5.31. The molecule has 0 amide bonds. The summed E-state index contributed by atoms with van der Waals surface area (Å²) in [5.41, 5.74) is 1.02. The van der Waals surface area contributed by atoms with Crippen molar-refractivity contribution in [3.8, 4) is 5.75 Å². The second-order valence-electron chi connectivity index (χ2n) is 4.39. The maximum atomic E-state index is 6.15. The highest BCUT2D eigenvalue weighted by atomic mass is 79.9. The van der Waals surface area contributed by atoms with E-state index in [0.717, 1.165) is 48.5 Å². The maximum Gasteiger partial charge on any atom is 0.143 e. The van der Waals surface area contributed by atoms with E-state index in [9.17, 15) is 0 Å². The fourth-order valence-electron chi connectivity index (χ4n) is 2.28. The lowest BCUT2D eigenvalue weighted by atomic mass is 9.92. The van der Waals surface area contributed by atoms with Crippen LogP contribution in [0.15, 0.2) is 22.7 Å². The molecule has 1 fully saturated rings. The van der Waals surface area contributed by atoms with Crippen molar-refractivity contribution in [3.05, 3.63) is 22.7 Å². The molecule has 3 nitrogen and oxygen atoms in total. The Balaban J connectivity index is 0.00000108. The molecule has 0 unspecified atom stereocenters. The predicted octanol–water partition coefficient (Wildman–Crippen LogP) is 3.22. The fourth-order valence-corrected chi connectivity index (χ4v) is 2.64. The van der Waals surface area contributed by atoms with Crippen molar-refractivity contribution in [2.45, 2.75) is 18.4 Å². The van der Waals surface area contributed by atoms with Gasteiger partial charge in [-0.1, -0.05) is 15.9 Å². The molecule has 5 heteroatoms. The molecule has 0 bridgehead atoms. The minimum absolute atomic E-state index is 0. The Morgan fingerprint density at radius 3 is 2.76 bits per heavy atom. The van der Waals surface area contributed by atoms with E-state index in [-0.39, 0.29) is 18.0 Å². The average Bonchev–Trinajstić information content (AvgIpc) is 2.31. The van der Waals surface area contributed by atoms with Gasteiger partial charge in [0.1, 0.15) is 11.4 Å². The van der Waals surface area contributed by atoms with Crippen molar-refractivity contribution >= 4 is 34.0 Å². The van der Waals surface area contributed by atoms with Crippen molar-refractivity contribution in [1.82, 2.24) is 0 Å². The Hall–Kier alpha value is -0.450. The topological polar surface area (TPSA) is 30.5 Å². The molecule has 2 aliphatic rings. The van der Waals surface area contributed by atoms with Crippen LogP contribution < -0.4 is 10.1 Å². The van der Waals surface area contributed by atoms with Crippen LogP contribution in [0.2, 0.25) is 0 Å². The van der Waals surface area contributed by atoms with Gasteiger partial charge >= 0.3 is 0 Å². The third-order valence-corrected chi connectivity index (χ3v) is 3.77. The maximum absolute atomic E-state index is 6.15. The molecule has 1 aromatic rings. The van der Waals surface area contributed by atoms with E-state index < -0.39 is 0 Å². The molecule has 2 aliphatic heterocycles. The number of rotatable bonds is 0. The zero-order chi connectivity index (χ0) is 11.0. The van der Waals surface area contributed by atoms with Crippen LogP contribution in [0, 0.1) is 0 Å². The van der Waals surface area contributed by atoms with Crippen LogP contribution in [0.1, 0.15) is 12.8 Å². The lowest BCUT2D eigenvalue weighted by molar-refractivity contribution is -0.0408. The zero-order valence-electron chi connectivity index (χ0n) is 9.37. The molecule has 1 aromatic carbocycles. The van der Waals surface area contributed by atoms with E-state index >= 15 is 0 Å². The highest BCUT2D eigenvalue weighted by molar-refractivity contribution is 9.10. The molecule has 0 atom stereocenters. The third-order valence-electron chi connectivity index (χ3n) is 3.27. The number of anilines is 1. The largest absolute Gasteiger partial charge is 0.483 e. The number of benzene rings is 1. The molecular weight excluding hydrogens is 305 g/mol. The highest BCUT2D eigenvalue weighted by Crippen LogP contribution is 2.38.